The minimum Gasteiger partial charge on any atom is -0.192 e. The largest absolute Gasteiger partial charge is 0.418 e. The molecule has 0 bridgehead atoms. The Morgan fingerprint density at radius 2 is 1.12 bits per heavy atom. The summed E-state index contributed by atoms with van der Waals surface area (Å²) in [6.07, 6.45) is -16.8. The molecule has 3 rings (SSSR count). The lowest BCUT2D eigenvalue weighted by atomic mass is 9.84. The van der Waals surface area contributed by atoms with Gasteiger partial charge >= 0.3 is 18.5 Å². The van der Waals surface area contributed by atoms with Gasteiger partial charge in [-0.05, 0) is 17.5 Å². The molecule has 0 aliphatic rings. The summed E-state index contributed by atoms with van der Waals surface area (Å²) in [6, 6.07) is 5.86. The first-order valence-corrected chi connectivity index (χ1v) is 8.19. The van der Waals surface area contributed by atoms with Crippen molar-refractivity contribution in [2.75, 3.05) is 0 Å². The molecule has 0 amide bonds. The van der Waals surface area contributed by atoms with Crippen LogP contribution in [0.25, 0.3) is 21.5 Å². The van der Waals surface area contributed by atoms with Crippen molar-refractivity contribution in [3.8, 4) is 18.2 Å². The van der Waals surface area contributed by atoms with Crippen LogP contribution >= 0.6 is 0 Å². The molecule has 0 aliphatic carbocycles. The molecule has 0 aromatic heterocycles. The smallest absolute Gasteiger partial charge is 0.192 e. The third kappa shape index (κ3) is 3.32. The predicted octanol–water partition coefficient (Wildman–Crippen LogP) is 6.66. The highest BCUT2D eigenvalue weighted by Gasteiger charge is 2.46. The fourth-order valence-corrected chi connectivity index (χ4v) is 3.57. The zero-order chi connectivity index (χ0) is 24.2. The molecule has 32 heavy (non-hydrogen) atoms. The first-order chi connectivity index (χ1) is 14.7. The molecule has 0 spiro atoms. The minimum absolute atomic E-state index is 0.275. The fourth-order valence-electron chi connectivity index (χ4n) is 3.57. The Kier molecular flexibility index (Phi) is 4.99. The van der Waals surface area contributed by atoms with Gasteiger partial charge in [0.1, 0.15) is 18.2 Å². The maximum atomic E-state index is 14.1. The lowest BCUT2D eigenvalue weighted by Crippen LogP contribution is -2.18. The molecule has 0 unspecified atom stereocenters. The zero-order valence-corrected chi connectivity index (χ0v) is 15.1. The number of nitrogens with zero attached hydrogens (tertiary/aromatic N) is 3. The highest BCUT2D eigenvalue weighted by molar-refractivity contribution is 6.09. The van der Waals surface area contributed by atoms with E-state index in [1.807, 2.05) is 0 Å². The van der Waals surface area contributed by atoms with Crippen LogP contribution < -0.4 is 0 Å². The summed E-state index contributed by atoms with van der Waals surface area (Å²) in [7, 11) is 0. The van der Waals surface area contributed by atoms with Crippen molar-refractivity contribution in [1.82, 2.24) is 0 Å². The Morgan fingerprint density at radius 3 is 1.56 bits per heavy atom. The van der Waals surface area contributed by atoms with Gasteiger partial charge in [0.25, 0.3) is 0 Å². The molecule has 3 aromatic rings. The van der Waals surface area contributed by atoms with Crippen LogP contribution in [0.4, 0.5) is 39.5 Å². The Balaban J connectivity index is 2.93. The van der Waals surface area contributed by atoms with E-state index in [0.29, 0.717) is 6.07 Å². The van der Waals surface area contributed by atoms with Crippen LogP contribution in [-0.4, -0.2) is 0 Å². The molecular weight excluding hydrogens is 453 g/mol. The van der Waals surface area contributed by atoms with Crippen molar-refractivity contribution in [3.05, 3.63) is 57.6 Å². The van der Waals surface area contributed by atoms with Crippen LogP contribution in [0.3, 0.4) is 0 Å². The highest BCUT2D eigenvalue weighted by atomic mass is 19.4. The van der Waals surface area contributed by atoms with Crippen LogP contribution in [0.1, 0.15) is 33.4 Å². The lowest BCUT2D eigenvalue weighted by molar-refractivity contribution is -0.140. The number of rotatable bonds is 0. The monoisotopic (exact) mass is 457 g/mol. The third-order valence-electron chi connectivity index (χ3n) is 4.64. The van der Waals surface area contributed by atoms with Crippen LogP contribution in [0.2, 0.25) is 0 Å². The van der Waals surface area contributed by atoms with Crippen molar-refractivity contribution in [3.63, 3.8) is 0 Å². The van der Waals surface area contributed by atoms with E-state index in [1.165, 1.54) is 12.1 Å². The lowest BCUT2D eigenvalue weighted by Gasteiger charge is -2.22. The first-order valence-electron chi connectivity index (χ1n) is 8.19. The summed E-state index contributed by atoms with van der Waals surface area (Å²) in [5, 5.41) is 22.6. The summed E-state index contributed by atoms with van der Waals surface area (Å²) in [6.45, 7) is 0. The van der Waals surface area contributed by atoms with E-state index in [0.717, 1.165) is 18.2 Å². The molecule has 12 heteroatoms. The van der Waals surface area contributed by atoms with Crippen molar-refractivity contribution in [1.29, 1.82) is 15.8 Å². The minimum atomic E-state index is -5.76. The second-order valence-electron chi connectivity index (χ2n) is 6.41. The summed E-state index contributed by atoms with van der Waals surface area (Å²) in [4.78, 5) is 0. The quantitative estimate of drug-likeness (QED) is 0.280. The van der Waals surface area contributed by atoms with Crippen LogP contribution in [-0.2, 0) is 18.5 Å². The number of nitriles is 3. The van der Waals surface area contributed by atoms with Gasteiger partial charge in [-0.1, -0.05) is 12.1 Å². The molecule has 0 atom stereocenters. The molecule has 0 radical (unpaired) electrons. The number of fused-ring (bicyclic) bond motifs is 2. The molecule has 0 fully saturated rings. The second kappa shape index (κ2) is 7.03. The number of benzene rings is 3. The number of alkyl halides is 9. The molecule has 3 aromatic carbocycles. The van der Waals surface area contributed by atoms with Crippen LogP contribution in [0.15, 0.2) is 24.3 Å². The number of hydrogen-bond acceptors (Lipinski definition) is 3. The molecule has 162 valence electrons. The predicted molar refractivity (Wildman–Crippen MR) is 90.6 cm³/mol. The standard InChI is InChI=1S/C20H4F9N3/c21-18(22,23)13-3-1-2-8-4-9-10(5-30)11(6-31)12(7-32)16(19(24,25)26)15(9)17(14(8)13)20(27,28)29/h1-4H. The summed E-state index contributed by atoms with van der Waals surface area (Å²) >= 11 is 0. The van der Waals surface area contributed by atoms with Gasteiger partial charge in [-0.2, -0.15) is 55.3 Å². The van der Waals surface area contributed by atoms with E-state index in [4.69, 9.17) is 0 Å². The molecule has 0 saturated heterocycles. The van der Waals surface area contributed by atoms with Gasteiger partial charge in [-0.25, -0.2) is 0 Å². The molecule has 0 saturated carbocycles. The van der Waals surface area contributed by atoms with Crippen molar-refractivity contribution >= 4 is 21.5 Å². The number of hydrogen-bond donors (Lipinski definition) is 0. The number of halogens is 9. The molecule has 0 aliphatic heterocycles. The Hall–Kier alpha value is -3.98. The van der Waals surface area contributed by atoms with E-state index >= 15 is 0 Å². The summed E-state index contributed by atoms with van der Waals surface area (Å²) < 4.78 is 124. The van der Waals surface area contributed by atoms with E-state index in [-0.39, 0.29) is 6.07 Å². The van der Waals surface area contributed by atoms with Gasteiger partial charge in [0.05, 0.1) is 33.4 Å². The van der Waals surface area contributed by atoms with E-state index < -0.39 is 73.5 Å². The van der Waals surface area contributed by atoms with Gasteiger partial charge in [0, 0.05) is 16.2 Å². The van der Waals surface area contributed by atoms with Gasteiger partial charge in [-0.3, -0.25) is 0 Å². The summed E-state index contributed by atoms with van der Waals surface area (Å²) in [5.74, 6) is 0. The fraction of sp³-hybridized carbons (Fsp3) is 0.150. The van der Waals surface area contributed by atoms with E-state index in [9.17, 15) is 55.3 Å². The first kappa shape index (κ1) is 22.7. The Labute approximate surface area is 172 Å². The second-order valence-corrected chi connectivity index (χ2v) is 6.41. The molecular formula is C20H4F9N3. The maximum Gasteiger partial charge on any atom is 0.418 e. The highest BCUT2D eigenvalue weighted by Crippen LogP contribution is 2.50. The van der Waals surface area contributed by atoms with Crippen molar-refractivity contribution in [2.45, 2.75) is 18.5 Å². The topological polar surface area (TPSA) is 71.4 Å². The third-order valence-corrected chi connectivity index (χ3v) is 4.64. The van der Waals surface area contributed by atoms with Crippen molar-refractivity contribution < 1.29 is 39.5 Å². The van der Waals surface area contributed by atoms with E-state index in [1.54, 1.807) is 0 Å². The van der Waals surface area contributed by atoms with E-state index in [2.05, 4.69) is 0 Å². The average Bonchev–Trinajstić information content (AvgIpc) is 2.66. The SMILES string of the molecule is N#Cc1c(C#N)c(C(F)(F)F)c2c(C(F)(F)F)c3c(C(F)(F)F)cccc3cc2c1C#N. The molecule has 0 N–H and O–H groups in total. The van der Waals surface area contributed by atoms with Gasteiger partial charge in [0.2, 0.25) is 0 Å². The Bertz CT molecular complexity index is 1410. The molecule has 0 heterocycles. The Morgan fingerprint density at radius 1 is 0.594 bits per heavy atom. The van der Waals surface area contributed by atoms with Gasteiger partial charge in [-0.15, -0.1) is 0 Å². The molecule has 3 nitrogen and oxygen atoms in total. The van der Waals surface area contributed by atoms with Gasteiger partial charge < -0.3 is 0 Å². The zero-order valence-electron chi connectivity index (χ0n) is 15.1. The maximum absolute atomic E-state index is 14.1. The summed E-state index contributed by atoms with van der Waals surface area (Å²) in [5.41, 5.74) is -10.1. The average molecular weight is 457 g/mol. The normalized spacial score (nSPS) is 12.4. The van der Waals surface area contributed by atoms with Gasteiger partial charge in [0.15, 0.2) is 0 Å². The van der Waals surface area contributed by atoms with Crippen LogP contribution in [0.5, 0.6) is 0 Å². The van der Waals surface area contributed by atoms with Crippen LogP contribution in [0, 0.1) is 34.0 Å². The van der Waals surface area contributed by atoms with Crippen molar-refractivity contribution in [2.24, 2.45) is 0 Å².